The standard InChI is InChI=1S/C41H46BrN3O5S/c1-6-21-43(29-17-19-31(20-18-29)50-8-3)38(47)33-34-39(48)45(30(25-46)23-28-15-10-9-11-16-28)37(41(34)24-32(42)36(33)51-41)40(49)44(22-7-2)35-26(4)13-12-14-27(35)5/h6-7,9-20,30,32-34,36-37,46H,1-2,8,21-25H2,3-5H3/t30-,32?,33+,34+,36+,37?,41?/m1/s1. The number of aliphatic hydroxyl groups is 1. The Bertz CT molecular complexity index is 1770. The Morgan fingerprint density at radius 1 is 1.00 bits per heavy atom. The third-order valence-electron chi connectivity index (χ3n) is 10.5. The molecule has 0 radical (unpaired) electrons. The van der Waals surface area contributed by atoms with Crippen LogP contribution < -0.4 is 14.5 Å². The van der Waals surface area contributed by atoms with Crippen molar-refractivity contribution in [1.29, 1.82) is 0 Å². The third kappa shape index (κ3) is 6.55. The molecule has 3 saturated heterocycles. The number of anilines is 2. The normalized spacial score (nSPS) is 25.3. The molecule has 3 amide bonds. The van der Waals surface area contributed by atoms with Crippen LogP contribution >= 0.6 is 27.7 Å². The zero-order valence-electron chi connectivity index (χ0n) is 29.4. The molecule has 7 atom stereocenters. The summed E-state index contributed by atoms with van der Waals surface area (Å²) in [6.45, 7) is 14.5. The lowest BCUT2D eigenvalue weighted by Crippen LogP contribution is -2.58. The van der Waals surface area contributed by atoms with Gasteiger partial charge in [0.2, 0.25) is 11.8 Å². The Balaban J connectivity index is 1.47. The van der Waals surface area contributed by atoms with Crippen LogP contribution in [-0.2, 0) is 20.8 Å². The molecule has 3 aromatic carbocycles. The SMILES string of the molecule is C=CCN(C(=O)[C@H]1[C@H]2C(=O)N([C@@H](CO)Cc3ccccc3)C(C(=O)N(CC=C)c3c(C)cccc3C)C23CC(Br)[C@@H]1S3)c1ccc(OCC)cc1. The monoisotopic (exact) mass is 771 g/mol. The van der Waals surface area contributed by atoms with Crippen molar-refractivity contribution in [1.82, 2.24) is 4.90 Å². The Morgan fingerprint density at radius 3 is 2.25 bits per heavy atom. The quantitative estimate of drug-likeness (QED) is 0.149. The lowest BCUT2D eigenvalue weighted by Gasteiger charge is -2.40. The van der Waals surface area contributed by atoms with Crippen LogP contribution in [0.4, 0.5) is 11.4 Å². The molecule has 6 rings (SSSR count). The highest BCUT2D eigenvalue weighted by atomic mass is 79.9. The molecule has 3 aliphatic rings. The van der Waals surface area contributed by atoms with Gasteiger partial charge in [0, 0.05) is 34.5 Å². The maximum absolute atomic E-state index is 15.4. The van der Waals surface area contributed by atoms with Crippen molar-refractivity contribution in [3.05, 3.63) is 115 Å². The van der Waals surface area contributed by atoms with E-state index in [1.807, 2.05) is 93.6 Å². The molecule has 0 aliphatic carbocycles. The van der Waals surface area contributed by atoms with Gasteiger partial charge in [-0.1, -0.05) is 76.6 Å². The highest BCUT2D eigenvalue weighted by Gasteiger charge is 2.76. The number of ether oxygens (including phenoxy) is 1. The van der Waals surface area contributed by atoms with Crippen LogP contribution in [0.1, 0.15) is 30.0 Å². The van der Waals surface area contributed by atoms with Crippen LogP contribution in [0, 0.1) is 25.7 Å². The fourth-order valence-corrected chi connectivity index (χ4v) is 12.1. The van der Waals surface area contributed by atoms with Gasteiger partial charge in [-0.05, 0) is 74.6 Å². The zero-order valence-corrected chi connectivity index (χ0v) is 31.8. The van der Waals surface area contributed by atoms with Crippen molar-refractivity contribution in [2.75, 3.05) is 36.1 Å². The Morgan fingerprint density at radius 2 is 1.65 bits per heavy atom. The maximum Gasteiger partial charge on any atom is 0.251 e. The van der Waals surface area contributed by atoms with Crippen LogP contribution in [0.15, 0.2) is 98.1 Å². The number of carbonyl (C=O) groups excluding carboxylic acids is 3. The van der Waals surface area contributed by atoms with Gasteiger partial charge < -0.3 is 24.5 Å². The summed E-state index contributed by atoms with van der Waals surface area (Å²) >= 11 is 5.51. The number of fused-ring (bicyclic) bond motifs is 1. The Hall–Kier alpha value is -3.86. The number of hydrogen-bond donors (Lipinski definition) is 1. The predicted molar refractivity (Wildman–Crippen MR) is 209 cm³/mol. The Kier molecular flexibility index (Phi) is 11.1. The van der Waals surface area contributed by atoms with Gasteiger partial charge in [-0.15, -0.1) is 24.9 Å². The number of hydrogen-bond acceptors (Lipinski definition) is 6. The number of aliphatic hydroxyl groups excluding tert-OH is 1. The number of para-hydroxylation sites is 1. The van der Waals surface area contributed by atoms with Crippen molar-refractivity contribution in [3.63, 3.8) is 0 Å². The summed E-state index contributed by atoms with van der Waals surface area (Å²) in [5, 5.41) is 10.7. The van der Waals surface area contributed by atoms with Gasteiger partial charge in [-0.3, -0.25) is 14.4 Å². The minimum atomic E-state index is -0.930. The first-order valence-electron chi connectivity index (χ1n) is 17.5. The van der Waals surface area contributed by atoms with Gasteiger partial charge in [0.25, 0.3) is 5.91 Å². The number of halogens is 1. The number of thioether (sulfide) groups is 1. The second-order valence-electron chi connectivity index (χ2n) is 13.6. The second-order valence-corrected chi connectivity index (χ2v) is 16.3. The van der Waals surface area contributed by atoms with E-state index in [0.29, 0.717) is 30.9 Å². The van der Waals surface area contributed by atoms with E-state index >= 15 is 9.59 Å². The predicted octanol–water partition coefficient (Wildman–Crippen LogP) is 6.51. The van der Waals surface area contributed by atoms with Crippen molar-refractivity contribution in [2.45, 2.75) is 60.5 Å². The van der Waals surface area contributed by atoms with E-state index < -0.39 is 28.7 Å². The summed E-state index contributed by atoms with van der Waals surface area (Å²) in [6.07, 6.45) is 4.28. The molecule has 0 saturated carbocycles. The molecule has 3 aliphatic heterocycles. The first kappa shape index (κ1) is 36.9. The molecular weight excluding hydrogens is 726 g/mol. The van der Waals surface area contributed by atoms with Crippen LogP contribution in [0.3, 0.4) is 0 Å². The number of nitrogens with zero attached hydrogens (tertiary/aromatic N) is 3. The summed E-state index contributed by atoms with van der Waals surface area (Å²) in [7, 11) is 0. The van der Waals surface area contributed by atoms with Gasteiger partial charge in [-0.25, -0.2) is 0 Å². The molecule has 10 heteroatoms. The number of alkyl halides is 1. The average Bonchev–Trinajstić information content (AvgIpc) is 3.72. The van der Waals surface area contributed by atoms with E-state index in [2.05, 4.69) is 29.1 Å². The van der Waals surface area contributed by atoms with Gasteiger partial charge in [0.05, 0.1) is 35.8 Å². The van der Waals surface area contributed by atoms with Gasteiger partial charge in [-0.2, -0.15) is 0 Å². The first-order valence-corrected chi connectivity index (χ1v) is 19.3. The van der Waals surface area contributed by atoms with E-state index in [0.717, 1.165) is 22.4 Å². The molecular formula is C41H46BrN3O5S. The number of carbonyl (C=O) groups is 3. The van der Waals surface area contributed by atoms with Crippen LogP contribution in [0.5, 0.6) is 5.75 Å². The number of likely N-dealkylation sites (tertiary alicyclic amines) is 1. The van der Waals surface area contributed by atoms with E-state index in [1.54, 1.807) is 38.6 Å². The fourth-order valence-electron chi connectivity index (χ4n) is 8.48. The first-order chi connectivity index (χ1) is 24.6. The smallest absolute Gasteiger partial charge is 0.251 e. The second kappa shape index (κ2) is 15.4. The van der Waals surface area contributed by atoms with Gasteiger partial charge in [0.1, 0.15) is 11.8 Å². The van der Waals surface area contributed by atoms with E-state index in [-0.39, 0.29) is 47.5 Å². The molecule has 3 heterocycles. The zero-order chi connectivity index (χ0) is 36.4. The number of amides is 3. The van der Waals surface area contributed by atoms with E-state index in [1.165, 1.54) is 0 Å². The molecule has 3 fully saturated rings. The minimum Gasteiger partial charge on any atom is -0.494 e. The average molecular weight is 773 g/mol. The molecule has 3 unspecified atom stereocenters. The molecule has 1 spiro atoms. The fraction of sp³-hybridized carbons (Fsp3) is 0.390. The van der Waals surface area contributed by atoms with Crippen molar-refractivity contribution < 1.29 is 24.2 Å². The molecule has 8 nitrogen and oxygen atoms in total. The summed E-state index contributed by atoms with van der Waals surface area (Å²) < 4.78 is 4.73. The van der Waals surface area contributed by atoms with Crippen LogP contribution in [0.25, 0.3) is 0 Å². The third-order valence-corrected chi connectivity index (χ3v) is 13.7. The molecule has 268 valence electrons. The van der Waals surface area contributed by atoms with Crippen molar-refractivity contribution in [3.8, 4) is 5.75 Å². The molecule has 51 heavy (non-hydrogen) atoms. The number of aryl methyl sites for hydroxylation is 2. The number of benzene rings is 3. The van der Waals surface area contributed by atoms with E-state index in [4.69, 9.17) is 4.74 Å². The molecule has 0 aromatic heterocycles. The minimum absolute atomic E-state index is 0.114. The highest BCUT2D eigenvalue weighted by Crippen LogP contribution is 2.68. The highest BCUT2D eigenvalue weighted by molar-refractivity contribution is 9.09. The topological polar surface area (TPSA) is 90.4 Å². The molecule has 3 aromatic rings. The van der Waals surface area contributed by atoms with Crippen LogP contribution in [-0.4, -0.2) is 80.9 Å². The molecule has 1 N–H and O–H groups in total. The summed E-state index contributed by atoms with van der Waals surface area (Å²) in [5.74, 6) is -1.46. The largest absolute Gasteiger partial charge is 0.494 e. The summed E-state index contributed by atoms with van der Waals surface area (Å²) in [4.78, 5) is 50.4. The molecule has 2 bridgehead atoms. The Labute approximate surface area is 313 Å². The summed E-state index contributed by atoms with van der Waals surface area (Å²) in [5.41, 5.74) is 4.27. The lowest BCUT2D eigenvalue weighted by molar-refractivity contribution is -0.141. The van der Waals surface area contributed by atoms with Crippen molar-refractivity contribution in [2.24, 2.45) is 11.8 Å². The van der Waals surface area contributed by atoms with Gasteiger partial charge >= 0.3 is 0 Å². The van der Waals surface area contributed by atoms with E-state index in [9.17, 15) is 9.90 Å². The number of rotatable bonds is 14. The summed E-state index contributed by atoms with van der Waals surface area (Å²) in [6, 6.07) is 21.4. The van der Waals surface area contributed by atoms with Crippen LogP contribution in [0.2, 0.25) is 0 Å². The maximum atomic E-state index is 15.4. The van der Waals surface area contributed by atoms with Gasteiger partial charge in [0.15, 0.2) is 0 Å². The van der Waals surface area contributed by atoms with Crippen molar-refractivity contribution >= 4 is 56.8 Å². The lowest BCUT2D eigenvalue weighted by atomic mass is 9.70.